The summed E-state index contributed by atoms with van der Waals surface area (Å²) in [6, 6.07) is 7.20. The number of hydrogen-bond acceptors (Lipinski definition) is 6. The van der Waals surface area contributed by atoms with Gasteiger partial charge in [0.15, 0.2) is 0 Å². The van der Waals surface area contributed by atoms with Crippen molar-refractivity contribution in [3.8, 4) is 11.5 Å². The quantitative estimate of drug-likeness (QED) is 0.753. The van der Waals surface area contributed by atoms with Gasteiger partial charge < -0.3 is 18.9 Å². The van der Waals surface area contributed by atoms with Crippen molar-refractivity contribution in [2.45, 2.75) is 51.4 Å². The first-order valence-electron chi connectivity index (χ1n) is 9.03. The number of benzene rings is 1. The number of ether oxygens (including phenoxy) is 4. The van der Waals surface area contributed by atoms with E-state index in [0.29, 0.717) is 25.0 Å². The van der Waals surface area contributed by atoms with E-state index in [2.05, 4.69) is 0 Å². The highest BCUT2D eigenvalue weighted by Crippen LogP contribution is 2.20. The molecule has 0 radical (unpaired) electrons. The van der Waals surface area contributed by atoms with Crippen LogP contribution in [0.4, 0.5) is 0 Å². The number of rotatable bonds is 3. The highest BCUT2D eigenvalue weighted by Gasteiger charge is 2.15. The van der Waals surface area contributed by atoms with Crippen LogP contribution in [0.25, 0.3) is 0 Å². The van der Waals surface area contributed by atoms with Gasteiger partial charge in [-0.05, 0) is 57.0 Å². The normalized spacial score (nSPS) is 26.9. The molecule has 2 rings (SSSR count). The molecule has 146 valence electrons. The van der Waals surface area contributed by atoms with Gasteiger partial charge in [0, 0.05) is 18.6 Å². The average Bonchev–Trinajstić information content (AvgIpc) is 2.63. The molecule has 0 aromatic heterocycles. The second-order valence-electron chi connectivity index (χ2n) is 6.40. The van der Waals surface area contributed by atoms with E-state index >= 15 is 0 Å². The second kappa shape index (κ2) is 10.4. The summed E-state index contributed by atoms with van der Waals surface area (Å²) in [5.74, 6) is 0.545. The van der Waals surface area contributed by atoms with E-state index in [0.717, 1.165) is 5.75 Å². The number of carbonyl (C=O) groups excluding carboxylic acids is 2. The Hall–Kier alpha value is -2.76. The van der Waals surface area contributed by atoms with Crippen molar-refractivity contribution in [2.24, 2.45) is 0 Å². The van der Waals surface area contributed by atoms with Crippen LogP contribution in [0.15, 0.2) is 48.6 Å². The van der Waals surface area contributed by atoms with E-state index in [-0.39, 0.29) is 18.3 Å². The Morgan fingerprint density at radius 3 is 2.22 bits per heavy atom. The Bertz CT molecular complexity index is 676. The highest BCUT2D eigenvalue weighted by molar-refractivity contribution is 5.82. The molecule has 0 aliphatic carbocycles. The molecule has 0 saturated heterocycles. The van der Waals surface area contributed by atoms with Gasteiger partial charge in [-0.15, -0.1) is 0 Å². The molecule has 3 atom stereocenters. The van der Waals surface area contributed by atoms with Gasteiger partial charge in [0.2, 0.25) is 0 Å². The number of cyclic esters (lactones) is 2. The van der Waals surface area contributed by atoms with E-state index in [1.165, 1.54) is 12.2 Å². The van der Waals surface area contributed by atoms with Crippen molar-refractivity contribution in [3.05, 3.63) is 48.6 Å². The molecule has 0 amide bonds. The summed E-state index contributed by atoms with van der Waals surface area (Å²) in [6.45, 7) is 3.60. The zero-order valence-corrected chi connectivity index (χ0v) is 15.9. The monoisotopic (exact) mass is 374 g/mol. The van der Waals surface area contributed by atoms with Crippen LogP contribution < -0.4 is 9.47 Å². The van der Waals surface area contributed by atoms with Crippen molar-refractivity contribution in [3.63, 3.8) is 0 Å². The molecular formula is C21H26O6. The van der Waals surface area contributed by atoms with E-state index in [4.69, 9.17) is 18.9 Å². The van der Waals surface area contributed by atoms with Gasteiger partial charge in [0.1, 0.15) is 23.7 Å². The van der Waals surface area contributed by atoms with Crippen LogP contribution in [0.1, 0.15) is 33.1 Å². The fourth-order valence-corrected chi connectivity index (χ4v) is 2.55. The average molecular weight is 374 g/mol. The summed E-state index contributed by atoms with van der Waals surface area (Å²) in [5, 5.41) is 0. The topological polar surface area (TPSA) is 71.1 Å². The Kier molecular flexibility index (Phi) is 7.92. The first-order chi connectivity index (χ1) is 13.0. The lowest BCUT2D eigenvalue weighted by Gasteiger charge is -2.19. The number of hydrogen-bond donors (Lipinski definition) is 0. The molecule has 0 spiro atoms. The van der Waals surface area contributed by atoms with Gasteiger partial charge in [-0.3, -0.25) is 0 Å². The van der Waals surface area contributed by atoms with Crippen LogP contribution in [-0.2, 0) is 19.1 Å². The summed E-state index contributed by atoms with van der Waals surface area (Å²) < 4.78 is 21.7. The van der Waals surface area contributed by atoms with Crippen molar-refractivity contribution in [2.75, 3.05) is 7.11 Å². The molecule has 1 aromatic rings. The number of esters is 2. The summed E-state index contributed by atoms with van der Waals surface area (Å²) in [7, 11) is 1.60. The maximum atomic E-state index is 12.0. The van der Waals surface area contributed by atoms with Gasteiger partial charge in [-0.1, -0.05) is 6.08 Å². The van der Waals surface area contributed by atoms with Gasteiger partial charge in [-0.2, -0.15) is 0 Å². The van der Waals surface area contributed by atoms with Gasteiger partial charge in [-0.25, -0.2) is 9.59 Å². The minimum atomic E-state index is -0.438. The molecular weight excluding hydrogens is 348 g/mol. The molecule has 0 saturated carbocycles. The summed E-state index contributed by atoms with van der Waals surface area (Å²) in [6.07, 6.45) is 6.73. The Balaban J connectivity index is 2.10. The molecule has 1 aromatic carbocycles. The van der Waals surface area contributed by atoms with E-state index in [9.17, 15) is 9.59 Å². The predicted octanol–water partition coefficient (Wildman–Crippen LogP) is 3.60. The van der Waals surface area contributed by atoms with Crippen LogP contribution in [0.2, 0.25) is 0 Å². The zero-order chi connectivity index (χ0) is 19.6. The predicted molar refractivity (Wildman–Crippen MR) is 101 cm³/mol. The fraction of sp³-hybridized carbons (Fsp3) is 0.429. The lowest BCUT2D eigenvalue weighted by atomic mass is 10.1. The second-order valence-corrected chi connectivity index (χ2v) is 6.40. The molecule has 1 heterocycles. The van der Waals surface area contributed by atoms with Crippen molar-refractivity contribution < 1.29 is 28.5 Å². The molecule has 6 nitrogen and oxygen atoms in total. The largest absolute Gasteiger partial charge is 0.497 e. The maximum absolute atomic E-state index is 12.0. The molecule has 1 aliphatic rings. The van der Waals surface area contributed by atoms with Crippen LogP contribution >= 0.6 is 0 Å². The van der Waals surface area contributed by atoms with E-state index in [1.54, 1.807) is 50.5 Å². The number of carbonyl (C=O) groups is 2. The SMILES string of the molecule is COc1ccc(O[C@H]2/C=C/C(=O)O[C@H](C)C/C=C/C(=O)O[C@@H](C)CC2)cc1. The third-order valence-electron chi connectivity index (χ3n) is 4.01. The van der Waals surface area contributed by atoms with E-state index in [1.807, 2.05) is 6.92 Å². The molecule has 1 aliphatic heterocycles. The van der Waals surface area contributed by atoms with Gasteiger partial charge >= 0.3 is 11.9 Å². The minimum Gasteiger partial charge on any atom is -0.497 e. The minimum absolute atomic E-state index is 0.259. The van der Waals surface area contributed by atoms with Crippen LogP contribution in [0.5, 0.6) is 11.5 Å². The van der Waals surface area contributed by atoms with Crippen LogP contribution in [-0.4, -0.2) is 37.4 Å². The van der Waals surface area contributed by atoms with E-state index < -0.39 is 11.9 Å². The molecule has 27 heavy (non-hydrogen) atoms. The molecule has 0 unspecified atom stereocenters. The van der Waals surface area contributed by atoms with Crippen molar-refractivity contribution in [1.82, 2.24) is 0 Å². The zero-order valence-electron chi connectivity index (χ0n) is 15.9. The first-order valence-corrected chi connectivity index (χ1v) is 9.03. The molecule has 0 N–H and O–H groups in total. The molecule has 6 heteroatoms. The summed E-state index contributed by atoms with van der Waals surface area (Å²) in [4.78, 5) is 23.8. The highest BCUT2D eigenvalue weighted by atomic mass is 16.5. The smallest absolute Gasteiger partial charge is 0.330 e. The van der Waals surface area contributed by atoms with Gasteiger partial charge in [0.05, 0.1) is 13.2 Å². The summed E-state index contributed by atoms with van der Waals surface area (Å²) in [5.41, 5.74) is 0. The lowest BCUT2D eigenvalue weighted by Crippen LogP contribution is -2.20. The van der Waals surface area contributed by atoms with Gasteiger partial charge in [0.25, 0.3) is 0 Å². The molecule has 0 fully saturated rings. The Morgan fingerprint density at radius 2 is 1.52 bits per heavy atom. The third kappa shape index (κ3) is 7.56. The van der Waals surface area contributed by atoms with Crippen molar-refractivity contribution in [1.29, 1.82) is 0 Å². The standard InChI is InChI=1S/C21H26O6/c1-15-5-4-6-20(22)26-16(2)7-8-18(13-14-21(23)25-15)27-19-11-9-17(24-3)10-12-19/h4,6,9-16,18H,5,7-8H2,1-3H3/b6-4+,14-13+/t15-,16+,18-/m1/s1. The van der Waals surface area contributed by atoms with Crippen LogP contribution in [0.3, 0.4) is 0 Å². The van der Waals surface area contributed by atoms with Crippen LogP contribution in [0, 0.1) is 0 Å². The molecule has 0 bridgehead atoms. The van der Waals surface area contributed by atoms with Crippen molar-refractivity contribution >= 4 is 11.9 Å². The number of methoxy groups -OCH3 is 1. The maximum Gasteiger partial charge on any atom is 0.330 e. The fourth-order valence-electron chi connectivity index (χ4n) is 2.55. The first kappa shape index (κ1) is 20.6. The third-order valence-corrected chi connectivity index (χ3v) is 4.01. The Morgan fingerprint density at radius 1 is 0.889 bits per heavy atom. The lowest BCUT2D eigenvalue weighted by molar-refractivity contribution is -0.142. The Labute approximate surface area is 159 Å². The summed E-state index contributed by atoms with van der Waals surface area (Å²) >= 11 is 0.